The standard InChI is InChI=1S/C14H15N7O/c1-9(13-18-10(2)19-20-13)17-14(22)11-5-3-4-6-12(11)21-7-15-16-8-21/h3-9H,1-2H3,(H,17,22)(H,18,19,20). The molecule has 112 valence electrons. The van der Waals surface area contributed by atoms with Gasteiger partial charge in [-0.25, -0.2) is 4.98 Å². The van der Waals surface area contributed by atoms with E-state index in [-0.39, 0.29) is 11.9 Å². The van der Waals surface area contributed by atoms with Crippen molar-refractivity contribution in [2.45, 2.75) is 19.9 Å². The van der Waals surface area contributed by atoms with E-state index >= 15 is 0 Å². The molecule has 3 aromatic rings. The van der Waals surface area contributed by atoms with Gasteiger partial charge >= 0.3 is 0 Å². The Morgan fingerprint density at radius 2 is 2.00 bits per heavy atom. The van der Waals surface area contributed by atoms with Crippen LogP contribution in [0.1, 0.15) is 35.0 Å². The largest absolute Gasteiger partial charge is 0.342 e. The molecule has 1 amide bonds. The summed E-state index contributed by atoms with van der Waals surface area (Å²) in [7, 11) is 0. The molecule has 0 saturated carbocycles. The maximum absolute atomic E-state index is 12.5. The SMILES string of the molecule is Cc1nc(C(C)NC(=O)c2ccccc2-n2cnnc2)n[nH]1. The molecule has 0 bridgehead atoms. The molecule has 1 aromatic carbocycles. The van der Waals surface area contributed by atoms with Gasteiger partial charge in [-0.05, 0) is 26.0 Å². The lowest BCUT2D eigenvalue weighted by Gasteiger charge is -2.13. The third-order valence-electron chi connectivity index (χ3n) is 3.20. The minimum atomic E-state index is -0.300. The highest BCUT2D eigenvalue weighted by Crippen LogP contribution is 2.15. The normalized spacial score (nSPS) is 12.1. The van der Waals surface area contributed by atoms with E-state index in [2.05, 4.69) is 30.7 Å². The van der Waals surface area contributed by atoms with Gasteiger partial charge in [0.05, 0.1) is 17.3 Å². The molecule has 0 saturated heterocycles. The van der Waals surface area contributed by atoms with Gasteiger partial charge in [-0.1, -0.05) is 12.1 Å². The van der Waals surface area contributed by atoms with Gasteiger partial charge in [0, 0.05) is 0 Å². The van der Waals surface area contributed by atoms with E-state index in [0.717, 1.165) is 0 Å². The van der Waals surface area contributed by atoms with Crippen LogP contribution in [0, 0.1) is 6.92 Å². The second-order valence-electron chi connectivity index (χ2n) is 4.86. The molecule has 3 rings (SSSR count). The van der Waals surface area contributed by atoms with E-state index in [1.807, 2.05) is 32.0 Å². The van der Waals surface area contributed by atoms with Crippen LogP contribution in [0.4, 0.5) is 0 Å². The van der Waals surface area contributed by atoms with Crippen molar-refractivity contribution in [3.05, 3.63) is 54.1 Å². The van der Waals surface area contributed by atoms with E-state index in [1.165, 1.54) is 0 Å². The van der Waals surface area contributed by atoms with Gasteiger partial charge in [0.2, 0.25) is 0 Å². The van der Waals surface area contributed by atoms with Gasteiger partial charge in [-0.2, -0.15) is 5.10 Å². The lowest BCUT2D eigenvalue weighted by atomic mass is 10.1. The summed E-state index contributed by atoms with van der Waals surface area (Å²) in [5, 5.41) is 17.2. The number of H-pyrrole nitrogens is 1. The number of nitrogens with zero attached hydrogens (tertiary/aromatic N) is 5. The average Bonchev–Trinajstić information content (AvgIpc) is 3.18. The average molecular weight is 297 g/mol. The van der Waals surface area contributed by atoms with Crippen molar-refractivity contribution in [3.8, 4) is 5.69 Å². The van der Waals surface area contributed by atoms with Crippen molar-refractivity contribution in [1.29, 1.82) is 0 Å². The molecule has 1 atom stereocenters. The maximum atomic E-state index is 12.5. The van der Waals surface area contributed by atoms with Crippen molar-refractivity contribution in [2.24, 2.45) is 0 Å². The fraction of sp³-hybridized carbons (Fsp3) is 0.214. The van der Waals surface area contributed by atoms with E-state index in [1.54, 1.807) is 23.3 Å². The summed E-state index contributed by atoms with van der Waals surface area (Å²) < 4.78 is 1.69. The van der Waals surface area contributed by atoms with Crippen LogP contribution in [-0.2, 0) is 0 Å². The lowest BCUT2D eigenvalue weighted by Crippen LogP contribution is -2.28. The molecule has 2 aromatic heterocycles. The summed E-state index contributed by atoms with van der Waals surface area (Å²) in [5.41, 5.74) is 1.24. The minimum absolute atomic E-state index is 0.209. The van der Waals surface area contributed by atoms with E-state index < -0.39 is 0 Å². The Bertz CT molecular complexity index is 778. The number of amides is 1. The highest BCUT2D eigenvalue weighted by Gasteiger charge is 2.17. The molecule has 0 aliphatic rings. The second-order valence-corrected chi connectivity index (χ2v) is 4.86. The molecule has 8 heteroatoms. The number of aryl methyl sites for hydroxylation is 1. The van der Waals surface area contributed by atoms with Crippen LogP contribution in [0.3, 0.4) is 0 Å². The molecule has 0 spiro atoms. The zero-order valence-corrected chi connectivity index (χ0v) is 12.2. The number of benzene rings is 1. The van der Waals surface area contributed by atoms with Crippen molar-refractivity contribution in [2.75, 3.05) is 0 Å². The number of carbonyl (C=O) groups excluding carboxylic acids is 1. The lowest BCUT2D eigenvalue weighted by molar-refractivity contribution is 0.0938. The topological polar surface area (TPSA) is 101 Å². The Morgan fingerprint density at radius 1 is 1.27 bits per heavy atom. The number of carbonyl (C=O) groups is 1. The molecule has 0 radical (unpaired) electrons. The number of aromatic amines is 1. The number of rotatable bonds is 4. The number of para-hydroxylation sites is 1. The Hall–Kier alpha value is -3.03. The van der Waals surface area contributed by atoms with Gasteiger partial charge in [0.15, 0.2) is 5.82 Å². The zero-order valence-electron chi connectivity index (χ0n) is 12.2. The van der Waals surface area contributed by atoms with Gasteiger partial charge in [-0.15, -0.1) is 10.2 Å². The van der Waals surface area contributed by atoms with Crippen LogP contribution in [0.25, 0.3) is 5.69 Å². The molecule has 0 aliphatic carbocycles. The zero-order chi connectivity index (χ0) is 15.5. The Morgan fingerprint density at radius 3 is 2.68 bits per heavy atom. The van der Waals surface area contributed by atoms with E-state index in [9.17, 15) is 4.79 Å². The van der Waals surface area contributed by atoms with Crippen molar-refractivity contribution < 1.29 is 4.79 Å². The van der Waals surface area contributed by atoms with Crippen molar-refractivity contribution in [3.63, 3.8) is 0 Å². The first-order chi connectivity index (χ1) is 10.6. The summed E-state index contributed by atoms with van der Waals surface area (Å²) in [6.45, 7) is 3.65. The highest BCUT2D eigenvalue weighted by atomic mass is 16.1. The van der Waals surface area contributed by atoms with Gasteiger partial charge < -0.3 is 5.32 Å². The quantitative estimate of drug-likeness (QED) is 0.753. The predicted octanol–water partition coefficient (Wildman–Crippen LogP) is 1.18. The van der Waals surface area contributed by atoms with Crippen LogP contribution in [0.2, 0.25) is 0 Å². The number of hydrogen-bond donors (Lipinski definition) is 2. The van der Waals surface area contributed by atoms with E-state index in [4.69, 9.17) is 0 Å². The van der Waals surface area contributed by atoms with Crippen LogP contribution in [0.15, 0.2) is 36.9 Å². The third kappa shape index (κ3) is 2.71. The van der Waals surface area contributed by atoms with Crippen LogP contribution in [-0.4, -0.2) is 35.9 Å². The van der Waals surface area contributed by atoms with Crippen molar-refractivity contribution in [1.82, 2.24) is 35.3 Å². The summed E-state index contributed by atoms with van der Waals surface area (Å²) in [6.07, 6.45) is 3.10. The third-order valence-corrected chi connectivity index (χ3v) is 3.20. The summed E-state index contributed by atoms with van der Waals surface area (Å²) >= 11 is 0. The first-order valence-electron chi connectivity index (χ1n) is 6.79. The molecule has 22 heavy (non-hydrogen) atoms. The Labute approximate surface area is 126 Å². The fourth-order valence-corrected chi connectivity index (χ4v) is 2.11. The second kappa shape index (κ2) is 5.76. The van der Waals surface area contributed by atoms with Gasteiger partial charge in [0.25, 0.3) is 5.91 Å². The fourth-order valence-electron chi connectivity index (χ4n) is 2.11. The van der Waals surface area contributed by atoms with Gasteiger partial charge in [-0.3, -0.25) is 14.5 Å². The van der Waals surface area contributed by atoms with E-state index in [0.29, 0.717) is 22.9 Å². The molecule has 1 unspecified atom stereocenters. The monoisotopic (exact) mass is 297 g/mol. The summed E-state index contributed by atoms with van der Waals surface area (Å²) in [4.78, 5) is 16.7. The Kier molecular flexibility index (Phi) is 3.65. The van der Waals surface area contributed by atoms with Crippen LogP contribution >= 0.6 is 0 Å². The minimum Gasteiger partial charge on any atom is -0.342 e. The van der Waals surface area contributed by atoms with Gasteiger partial charge in [0.1, 0.15) is 18.5 Å². The molecule has 0 aliphatic heterocycles. The highest BCUT2D eigenvalue weighted by molar-refractivity contribution is 5.97. The number of nitrogens with one attached hydrogen (secondary N) is 2. The molecule has 8 nitrogen and oxygen atoms in total. The smallest absolute Gasteiger partial charge is 0.253 e. The van der Waals surface area contributed by atoms with Crippen molar-refractivity contribution >= 4 is 5.91 Å². The first-order valence-corrected chi connectivity index (χ1v) is 6.79. The molecule has 2 N–H and O–H groups in total. The molecule has 2 heterocycles. The Balaban J connectivity index is 1.84. The van der Waals surface area contributed by atoms with Crippen LogP contribution < -0.4 is 5.32 Å². The number of hydrogen-bond acceptors (Lipinski definition) is 5. The van der Waals surface area contributed by atoms with Crippen LogP contribution in [0.5, 0.6) is 0 Å². The number of aromatic nitrogens is 6. The molecular weight excluding hydrogens is 282 g/mol. The summed E-state index contributed by atoms with van der Waals surface area (Å²) in [5.74, 6) is 1.05. The summed E-state index contributed by atoms with van der Waals surface area (Å²) in [6, 6.07) is 6.95. The molecular formula is C14H15N7O. The maximum Gasteiger partial charge on any atom is 0.253 e. The molecule has 0 fully saturated rings. The first kappa shape index (κ1) is 13.9. The predicted molar refractivity (Wildman–Crippen MR) is 78.4 cm³/mol.